The van der Waals surface area contributed by atoms with Crippen molar-refractivity contribution >= 4 is 23.2 Å². The highest BCUT2D eigenvalue weighted by Crippen LogP contribution is 2.31. The van der Waals surface area contributed by atoms with Crippen molar-refractivity contribution < 1.29 is 0 Å². The van der Waals surface area contributed by atoms with Gasteiger partial charge < -0.3 is 0 Å². The second kappa shape index (κ2) is 5.86. The van der Waals surface area contributed by atoms with Gasteiger partial charge in [0.15, 0.2) is 0 Å². The second-order valence-corrected chi connectivity index (χ2v) is 4.66. The lowest BCUT2D eigenvalue weighted by Gasteiger charge is -2.14. The molecule has 2 rings (SSSR count). The van der Waals surface area contributed by atoms with Gasteiger partial charge in [0.1, 0.15) is 0 Å². The molecular formula is C14H10Cl2N2. The van der Waals surface area contributed by atoms with E-state index in [0.717, 1.165) is 11.3 Å². The molecule has 0 aliphatic heterocycles. The molecule has 0 amide bonds. The summed E-state index contributed by atoms with van der Waals surface area (Å²) in [5, 5.41) is 9.95. The van der Waals surface area contributed by atoms with Crippen LogP contribution in [0.1, 0.15) is 23.6 Å². The van der Waals surface area contributed by atoms with Crippen LogP contribution in [0.3, 0.4) is 0 Å². The largest absolute Gasteiger partial charge is 0.261 e. The third kappa shape index (κ3) is 2.81. The molecule has 0 fully saturated rings. The Balaban J connectivity index is 2.42. The second-order valence-electron chi connectivity index (χ2n) is 3.84. The molecule has 2 nitrogen and oxygen atoms in total. The third-order valence-electron chi connectivity index (χ3n) is 2.69. The van der Waals surface area contributed by atoms with Crippen molar-refractivity contribution in [1.82, 2.24) is 4.98 Å². The van der Waals surface area contributed by atoms with Crippen molar-refractivity contribution in [2.75, 3.05) is 0 Å². The number of hydrogen-bond donors (Lipinski definition) is 0. The van der Waals surface area contributed by atoms with Gasteiger partial charge in [-0.05, 0) is 29.8 Å². The van der Waals surface area contributed by atoms with Gasteiger partial charge in [-0.15, -0.1) is 0 Å². The van der Waals surface area contributed by atoms with E-state index in [0.29, 0.717) is 16.5 Å². The van der Waals surface area contributed by atoms with Crippen LogP contribution in [-0.4, -0.2) is 4.98 Å². The highest BCUT2D eigenvalue weighted by atomic mass is 35.5. The fourth-order valence-electron chi connectivity index (χ4n) is 1.80. The molecular weight excluding hydrogens is 267 g/mol. The van der Waals surface area contributed by atoms with Crippen LogP contribution in [0.2, 0.25) is 10.0 Å². The number of rotatable bonds is 3. The normalized spacial score (nSPS) is 11.8. The van der Waals surface area contributed by atoms with Crippen LogP contribution in [0, 0.1) is 11.3 Å². The highest BCUT2D eigenvalue weighted by molar-refractivity contribution is 6.42. The van der Waals surface area contributed by atoms with Gasteiger partial charge in [-0.1, -0.05) is 35.3 Å². The van der Waals surface area contributed by atoms with Crippen LogP contribution in [0.25, 0.3) is 0 Å². The number of halogens is 2. The first-order valence-corrected chi connectivity index (χ1v) is 6.21. The van der Waals surface area contributed by atoms with E-state index in [-0.39, 0.29) is 5.92 Å². The van der Waals surface area contributed by atoms with Crippen molar-refractivity contribution in [3.63, 3.8) is 0 Å². The minimum Gasteiger partial charge on any atom is -0.261 e. The molecule has 4 heteroatoms. The first-order chi connectivity index (χ1) is 8.72. The summed E-state index contributed by atoms with van der Waals surface area (Å²) in [6.45, 7) is 0. The molecule has 0 radical (unpaired) electrons. The zero-order chi connectivity index (χ0) is 13.0. The molecule has 2 aromatic rings. The Kier molecular flexibility index (Phi) is 4.19. The van der Waals surface area contributed by atoms with E-state index in [1.54, 1.807) is 18.3 Å². The summed E-state index contributed by atoms with van der Waals surface area (Å²) in [4.78, 5) is 4.30. The van der Waals surface area contributed by atoms with E-state index in [9.17, 15) is 0 Å². The Morgan fingerprint density at radius 2 is 2.00 bits per heavy atom. The smallest absolute Gasteiger partial charge is 0.0632 e. The standard InChI is InChI=1S/C14H10Cl2N2/c15-12-5-4-10(9-13(12)16)11(6-7-17)14-3-1-2-8-18-14/h1-5,8-9,11H,6H2/t11-/m0/s1. The van der Waals surface area contributed by atoms with Crippen molar-refractivity contribution in [2.24, 2.45) is 0 Å². The molecule has 0 N–H and O–H groups in total. The molecule has 0 saturated carbocycles. The molecule has 18 heavy (non-hydrogen) atoms. The van der Waals surface area contributed by atoms with Gasteiger partial charge in [-0.3, -0.25) is 4.98 Å². The average Bonchev–Trinajstić information content (AvgIpc) is 2.40. The van der Waals surface area contributed by atoms with E-state index in [1.165, 1.54) is 0 Å². The molecule has 1 aromatic carbocycles. The zero-order valence-corrected chi connectivity index (χ0v) is 11.0. The minimum atomic E-state index is -0.0778. The van der Waals surface area contributed by atoms with E-state index in [4.69, 9.17) is 28.5 Å². The van der Waals surface area contributed by atoms with E-state index >= 15 is 0 Å². The summed E-state index contributed by atoms with van der Waals surface area (Å²) >= 11 is 11.9. The van der Waals surface area contributed by atoms with Gasteiger partial charge in [0.05, 0.1) is 16.1 Å². The maximum absolute atomic E-state index is 8.95. The summed E-state index contributed by atoms with van der Waals surface area (Å²) in [6.07, 6.45) is 2.08. The van der Waals surface area contributed by atoms with Gasteiger partial charge >= 0.3 is 0 Å². The molecule has 1 heterocycles. The lowest BCUT2D eigenvalue weighted by atomic mass is 9.92. The lowest BCUT2D eigenvalue weighted by Crippen LogP contribution is -2.02. The first-order valence-electron chi connectivity index (χ1n) is 5.45. The summed E-state index contributed by atoms with van der Waals surface area (Å²) in [5.74, 6) is -0.0778. The van der Waals surface area contributed by atoms with E-state index in [2.05, 4.69) is 11.1 Å². The number of aromatic nitrogens is 1. The first kappa shape index (κ1) is 12.9. The summed E-state index contributed by atoms with van der Waals surface area (Å²) in [7, 11) is 0. The van der Waals surface area contributed by atoms with Crippen LogP contribution in [0.4, 0.5) is 0 Å². The predicted molar refractivity (Wildman–Crippen MR) is 72.8 cm³/mol. The van der Waals surface area contributed by atoms with E-state index < -0.39 is 0 Å². The number of nitriles is 1. The number of nitrogens with zero attached hydrogens (tertiary/aromatic N) is 2. The Hall–Kier alpha value is -1.56. The maximum atomic E-state index is 8.95. The molecule has 1 aromatic heterocycles. The summed E-state index contributed by atoms with van der Waals surface area (Å²) in [6, 6.07) is 13.3. The van der Waals surface area contributed by atoms with Crippen molar-refractivity contribution in [2.45, 2.75) is 12.3 Å². The lowest BCUT2D eigenvalue weighted by molar-refractivity contribution is 0.802. The van der Waals surface area contributed by atoms with Gasteiger partial charge in [0, 0.05) is 24.2 Å². The molecule has 0 aliphatic rings. The number of benzene rings is 1. The summed E-state index contributed by atoms with van der Waals surface area (Å²) in [5.41, 5.74) is 1.81. The van der Waals surface area contributed by atoms with Gasteiger partial charge in [0.2, 0.25) is 0 Å². The number of pyridine rings is 1. The van der Waals surface area contributed by atoms with Crippen molar-refractivity contribution in [1.29, 1.82) is 5.26 Å². The minimum absolute atomic E-state index is 0.0778. The van der Waals surface area contributed by atoms with Crippen molar-refractivity contribution in [3.8, 4) is 6.07 Å². The van der Waals surface area contributed by atoms with Crippen LogP contribution in [0.15, 0.2) is 42.6 Å². The molecule has 1 atom stereocenters. The SMILES string of the molecule is N#CC[C@@H](c1ccc(Cl)c(Cl)c1)c1ccccn1. The van der Waals surface area contributed by atoms with Crippen LogP contribution in [0.5, 0.6) is 0 Å². The molecule has 0 saturated heterocycles. The van der Waals surface area contributed by atoms with Gasteiger partial charge in [0.25, 0.3) is 0 Å². The third-order valence-corrected chi connectivity index (χ3v) is 3.43. The topological polar surface area (TPSA) is 36.7 Å². The Labute approximate surface area is 116 Å². The van der Waals surface area contributed by atoms with E-state index in [1.807, 2.05) is 24.3 Å². The Morgan fingerprint density at radius 1 is 1.17 bits per heavy atom. The molecule has 0 aliphatic carbocycles. The Bertz CT molecular complexity index is 576. The van der Waals surface area contributed by atoms with Gasteiger partial charge in [-0.25, -0.2) is 0 Å². The highest BCUT2D eigenvalue weighted by Gasteiger charge is 2.16. The molecule has 90 valence electrons. The Morgan fingerprint density at radius 3 is 2.61 bits per heavy atom. The monoisotopic (exact) mass is 276 g/mol. The van der Waals surface area contributed by atoms with Crippen LogP contribution in [-0.2, 0) is 0 Å². The predicted octanol–water partition coefficient (Wildman–Crippen LogP) is 4.43. The molecule has 0 spiro atoms. The number of hydrogen-bond acceptors (Lipinski definition) is 2. The van der Waals surface area contributed by atoms with Crippen LogP contribution < -0.4 is 0 Å². The molecule has 0 unspecified atom stereocenters. The van der Waals surface area contributed by atoms with Crippen LogP contribution >= 0.6 is 23.2 Å². The fraction of sp³-hybridized carbons (Fsp3) is 0.143. The zero-order valence-electron chi connectivity index (χ0n) is 9.48. The average molecular weight is 277 g/mol. The van der Waals surface area contributed by atoms with Crippen molar-refractivity contribution in [3.05, 3.63) is 63.9 Å². The van der Waals surface area contributed by atoms with Gasteiger partial charge in [-0.2, -0.15) is 5.26 Å². The maximum Gasteiger partial charge on any atom is 0.0632 e. The molecule has 0 bridgehead atoms. The quantitative estimate of drug-likeness (QED) is 0.831. The fourth-order valence-corrected chi connectivity index (χ4v) is 2.10. The summed E-state index contributed by atoms with van der Waals surface area (Å²) < 4.78 is 0.